The minimum Gasteiger partial charge on any atom is -0.467 e. The van der Waals surface area contributed by atoms with Gasteiger partial charge in [-0.3, -0.25) is 15.0 Å². The lowest BCUT2D eigenvalue weighted by molar-refractivity contribution is -0.385. The van der Waals surface area contributed by atoms with Crippen LogP contribution < -0.4 is 15.0 Å². The fraction of sp³-hybridized carbons (Fsp3) is 0.316. The summed E-state index contributed by atoms with van der Waals surface area (Å²) in [5.41, 5.74) is 2.77. The monoisotopic (exact) mass is 353 g/mol. The van der Waals surface area contributed by atoms with Gasteiger partial charge in [0, 0.05) is 29.8 Å². The molecule has 2 bridgehead atoms. The Morgan fingerprint density at radius 3 is 2.69 bits per heavy atom. The van der Waals surface area contributed by atoms with Crippen LogP contribution >= 0.6 is 0 Å². The molecular formula is C19H19N3O4. The molecule has 1 saturated heterocycles. The summed E-state index contributed by atoms with van der Waals surface area (Å²) in [6.07, 6.45) is 0.500. The molecule has 0 spiro atoms. The summed E-state index contributed by atoms with van der Waals surface area (Å²) >= 11 is 0. The highest BCUT2D eigenvalue weighted by Crippen LogP contribution is 2.46. The molecule has 134 valence electrons. The fourth-order valence-corrected chi connectivity index (χ4v) is 3.73. The molecule has 1 N–H and O–H groups in total. The number of nitrogens with one attached hydrogen (secondary N) is 1. The molecule has 2 aromatic carbocycles. The summed E-state index contributed by atoms with van der Waals surface area (Å²) in [6.45, 7) is 5.90. The zero-order valence-corrected chi connectivity index (χ0v) is 14.8. The van der Waals surface area contributed by atoms with E-state index in [1.807, 2.05) is 39.0 Å². The third-order valence-corrected chi connectivity index (χ3v) is 5.21. The molecule has 0 aromatic heterocycles. The van der Waals surface area contributed by atoms with Crippen molar-refractivity contribution in [1.29, 1.82) is 0 Å². The SMILES string of the molecule is Cc1ccc(N2C(=O)N[C@H]3C[C@@]2(C)Oc2ccc([N+](=O)[O-])cc23)cc1C. The van der Waals surface area contributed by atoms with Crippen molar-refractivity contribution < 1.29 is 14.5 Å². The molecule has 1 fully saturated rings. The van der Waals surface area contributed by atoms with Gasteiger partial charge in [0.05, 0.1) is 11.0 Å². The van der Waals surface area contributed by atoms with E-state index < -0.39 is 10.6 Å². The zero-order chi connectivity index (χ0) is 18.6. The van der Waals surface area contributed by atoms with Gasteiger partial charge >= 0.3 is 6.03 Å². The van der Waals surface area contributed by atoms with Crippen molar-refractivity contribution in [3.8, 4) is 5.75 Å². The van der Waals surface area contributed by atoms with E-state index in [9.17, 15) is 14.9 Å². The Bertz CT molecular complexity index is 942. The number of carbonyl (C=O) groups excluding carboxylic acids is 1. The summed E-state index contributed by atoms with van der Waals surface area (Å²) < 4.78 is 6.18. The van der Waals surface area contributed by atoms with Crippen LogP contribution in [0.5, 0.6) is 5.75 Å². The van der Waals surface area contributed by atoms with Gasteiger partial charge in [-0.05, 0) is 50.1 Å². The molecule has 0 unspecified atom stereocenters. The van der Waals surface area contributed by atoms with Gasteiger partial charge in [0.15, 0.2) is 5.72 Å². The average Bonchev–Trinajstić information content (AvgIpc) is 2.57. The highest BCUT2D eigenvalue weighted by Gasteiger charge is 2.50. The van der Waals surface area contributed by atoms with Crippen molar-refractivity contribution in [2.24, 2.45) is 0 Å². The molecule has 2 atom stereocenters. The Balaban J connectivity index is 1.78. The van der Waals surface area contributed by atoms with E-state index in [-0.39, 0.29) is 17.8 Å². The van der Waals surface area contributed by atoms with Crippen molar-refractivity contribution in [2.45, 2.75) is 39.0 Å². The van der Waals surface area contributed by atoms with E-state index in [0.717, 1.165) is 16.8 Å². The smallest absolute Gasteiger partial charge is 0.325 e. The third-order valence-electron chi connectivity index (χ3n) is 5.21. The quantitative estimate of drug-likeness (QED) is 0.654. The number of hydrogen-bond donors (Lipinski definition) is 1. The maximum absolute atomic E-state index is 12.8. The first kappa shape index (κ1) is 16.4. The van der Waals surface area contributed by atoms with Crippen LogP contribution in [-0.2, 0) is 0 Å². The molecule has 0 aliphatic carbocycles. The van der Waals surface area contributed by atoms with E-state index in [1.54, 1.807) is 11.0 Å². The summed E-state index contributed by atoms with van der Waals surface area (Å²) in [6, 6.07) is 9.76. The van der Waals surface area contributed by atoms with Crippen molar-refractivity contribution >= 4 is 17.4 Å². The van der Waals surface area contributed by atoms with E-state index in [0.29, 0.717) is 17.7 Å². The lowest BCUT2D eigenvalue weighted by Crippen LogP contribution is -2.65. The largest absolute Gasteiger partial charge is 0.467 e. The highest BCUT2D eigenvalue weighted by atomic mass is 16.6. The standard InChI is InChI=1S/C19H19N3O4/c1-11-4-5-13(8-12(11)2)21-18(23)20-16-10-19(21,3)26-17-7-6-14(22(24)25)9-15(16)17/h4-9,16H,10H2,1-3H3,(H,20,23)/t16-,19+/m0/s1. The van der Waals surface area contributed by atoms with Gasteiger partial charge in [-0.2, -0.15) is 0 Å². The fourth-order valence-electron chi connectivity index (χ4n) is 3.73. The first-order valence-electron chi connectivity index (χ1n) is 8.44. The van der Waals surface area contributed by atoms with Crippen LogP contribution in [0, 0.1) is 24.0 Å². The van der Waals surface area contributed by atoms with Gasteiger partial charge in [0.1, 0.15) is 5.75 Å². The Morgan fingerprint density at radius 1 is 1.23 bits per heavy atom. The van der Waals surface area contributed by atoms with E-state index in [1.165, 1.54) is 12.1 Å². The number of anilines is 1. The number of nitro benzene ring substituents is 1. The van der Waals surface area contributed by atoms with Crippen LogP contribution in [0.4, 0.5) is 16.2 Å². The number of aryl methyl sites for hydroxylation is 2. The molecule has 2 amide bonds. The molecule has 2 aromatic rings. The van der Waals surface area contributed by atoms with Gasteiger partial charge in [-0.1, -0.05) is 6.07 Å². The van der Waals surface area contributed by atoms with Crippen LogP contribution in [0.3, 0.4) is 0 Å². The Labute approximate surface area is 150 Å². The van der Waals surface area contributed by atoms with E-state index in [2.05, 4.69) is 5.32 Å². The normalized spacial score (nSPS) is 23.7. The lowest BCUT2D eigenvalue weighted by atomic mass is 9.89. The number of non-ortho nitro benzene ring substituents is 1. The van der Waals surface area contributed by atoms with E-state index in [4.69, 9.17) is 4.74 Å². The number of urea groups is 1. The second-order valence-electron chi connectivity index (χ2n) is 7.07. The number of nitrogens with zero attached hydrogens (tertiary/aromatic N) is 2. The lowest BCUT2D eigenvalue weighted by Gasteiger charge is -2.50. The van der Waals surface area contributed by atoms with Gasteiger partial charge in [-0.15, -0.1) is 0 Å². The predicted molar refractivity (Wildman–Crippen MR) is 96.4 cm³/mol. The first-order chi connectivity index (χ1) is 12.3. The van der Waals surface area contributed by atoms with Crippen molar-refractivity contribution in [2.75, 3.05) is 4.90 Å². The minimum absolute atomic E-state index is 0.0122. The van der Waals surface area contributed by atoms with Crippen LogP contribution in [0.2, 0.25) is 0 Å². The Hall–Kier alpha value is -3.09. The highest BCUT2D eigenvalue weighted by molar-refractivity contribution is 5.95. The molecule has 7 heteroatoms. The Kier molecular flexibility index (Phi) is 3.44. The van der Waals surface area contributed by atoms with Crippen LogP contribution in [-0.4, -0.2) is 16.7 Å². The van der Waals surface area contributed by atoms with Gasteiger partial charge in [0.25, 0.3) is 5.69 Å². The van der Waals surface area contributed by atoms with Crippen molar-refractivity contribution in [3.05, 3.63) is 63.2 Å². The van der Waals surface area contributed by atoms with Gasteiger partial charge in [-0.25, -0.2) is 4.79 Å². The van der Waals surface area contributed by atoms with Crippen molar-refractivity contribution in [1.82, 2.24) is 5.32 Å². The third kappa shape index (κ3) is 2.39. The second-order valence-corrected chi connectivity index (χ2v) is 7.07. The number of rotatable bonds is 2. The summed E-state index contributed by atoms with van der Waals surface area (Å²) in [4.78, 5) is 25.1. The number of amides is 2. The molecule has 0 saturated carbocycles. The number of carbonyl (C=O) groups is 1. The molecule has 2 heterocycles. The predicted octanol–water partition coefficient (Wildman–Crippen LogP) is 3.98. The number of fused-ring (bicyclic) bond motifs is 4. The topological polar surface area (TPSA) is 84.7 Å². The zero-order valence-electron chi connectivity index (χ0n) is 14.8. The van der Waals surface area contributed by atoms with Crippen LogP contribution in [0.25, 0.3) is 0 Å². The molecule has 2 aliphatic rings. The first-order valence-corrected chi connectivity index (χ1v) is 8.44. The second kappa shape index (κ2) is 5.45. The van der Waals surface area contributed by atoms with Crippen LogP contribution in [0.15, 0.2) is 36.4 Å². The molecule has 4 rings (SSSR count). The maximum Gasteiger partial charge on any atom is 0.325 e. The van der Waals surface area contributed by atoms with Crippen LogP contribution in [0.1, 0.15) is 36.1 Å². The van der Waals surface area contributed by atoms with Gasteiger partial charge < -0.3 is 10.1 Å². The summed E-state index contributed by atoms with van der Waals surface area (Å²) in [5, 5.41) is 14.0. The van der Waals surface area contributed by atoms with Crippen molar-refractivity contribution in [3.63, 3.8) is 0 Å². The van der Waals surface area contributed by atoms with Gasteiger partial charge in [0.2, 0.25) is 0 Å². The molecular weight excluding hydrogens is 334 g/mol. The summed E-state index contributed by atoms with van der Waals surface area (Å²) in [7, 11) is 0. The van der Waals surface area contributed by atoms with E-state index >= 15 is 0 Å². The minimum atomic E-state index is -0.863. The number of benzene rings is 2. The summed E-state index contributed by atoms with van der Waals surface area (Å²) in [5.74, 6) is 0.559. The Morgan fingerprint density at radius 2 is 2.00 bits per heavy atom. The molecule has 7 nitrogen and oxygen atoms in total. The maximum atomic E-state index is 12.8. The molecule has 0 radical (unpaired) electrons. The molecule has 26 heavy (non-hydrogen) atoms. The number of nitro groups is 1. The average molecular weight is 353 g/mol. The molecule has 2 aliphatic heterocycles. The number of ether oxygens (including phenoxy) is 1. The number of hydrogen-bond acceptors (Lipinski definition) is 4.